The lowest BCUT2D eigenvalue weighted by Gasteiger charge is -2.36. The fourth-order valence-corrected chi connectivity index (χ4v) is 5.57. The number of hydrogen-bond acceptors (Lipinski definition) is 5. The molecule has 1 fully saturated rings. The number of aromatic carboxylic acids is 1. The van der Waals surface area contributed by atoms with Gasteiger partial charge in [0.25, 0.3) is 5.91 Å². The number of benzene rings is 2. The van der Waals surface area contributed by atoms with Crippen molar-refractivity contribution in [1.29, 1.82) is 0 Å². The molecule has 4 rings (SSSR count). The van der Waals surface area contributed by atoms with Crippen LogP contribution in [-0.2, 0) is 4.79 Å². The zero-order valence-electron chi connectivity index (χ0n) is 20.1. The first kappa shape index (κ1) is 30.4. The van der Waals surface area contributed by atoms with Crippen molar-refractivity contribution in [2.75, 3.05) is 4.90 Å². The summed E-state index contributed by atoms with van der Waals surface area (Å²) in [5.74, 6) is -4.17. The van der Waals surface area contributed by atoms with Crippen LogP contribution in [0.3, 0.4) is 0 Å². The van der Waals surface area contributed by atoms with Crippen LogP contribution < -0.4 is 10.6 Å². The molecule has 0 bridgehead atoms. The highest BCUT2D eigenvalue weighted by atomic mass is 35.5. The number of nitrogens with two attached hydrogens (primary N) is 1. The molecular formula is C26H23Cl2F3N2O5S. The summed E-state index contributed by atoms with van der Waals surface area (Å²) in [5, 5.41) is 17.8. The largest absolute Gasteiger partial charge is 0.490 e. The molecule has 4 N–H and O–H groups in total. The minimum atomic E-state index is -5.08. The Kier molecular flexibility index (Phi) is 10.0. The Morgan fingerprint density at radius 3 is 2.05 bits per heavy atom. The molecule has 1 aromatic heterocycles. The van der Waals surface area contributed by atoms with Gasteiger partial charge in [-0.3, -0.25) is 4.79 Å². The van der Waals surface area contributed by atoms with E-state index >= 15 is 0 Å². The molecule has 0 unspecified atom stereocenters. The van der Waals surface area contributed by atoms with Gasteiger partial charge in [-0.2, -0.15) is 13.2 Å². The van der Waals surface area contributed by atoms with E-state index in [1.54, 1.807) is 23.1 Å². The highest BCUT2D eigenvalue weighted by Crippen LogP contribution is 2.40. The highest BCUT2D eigenvalue weighted by Gasteiger charge is 2.38. The Hall–Kier alpha value is -3.12. The van der Waals surface area contributed by atoms with Gasteiger partial charge in [-0.1, -0.05) is 53.5 Å². The van der Waals surface area contributed by atoms with Gasteiger partial charge >= 0.3 is 18.1 Å². The smallest absolute Gasteiger partial charge is 0.477 e. The maximum Gasteiger partial charge on any atom is 0.490 e. The molecule has 1 amide bonds. The van der Waals surface area contributed by atoms with E-state index in [0.717, 1.165) is 34.6 Å². The number of alkyl halides is 3. The standard InChI is InChI=1S/C24H22Cl2N2O3S.C2HF3O2/c25-15-6-11-18(19(26)12-15)23(29)28(17-9-7-16(27)8-10-17)20-13-21(32-22(20)24(30)31)14-4-2-1-3-5-14;3-2(4,5)1(6)7/h1-6,11-13,16-17H,7-10,27H2,(H,30,31);(H,6,7). The van der Waals surface area contributed by atoms with Crippen molar-refractivity contribution in [3.05, 3.63) is 75.1 Å². The number of carboxylic acids is 2. The number of anilines is 1. The van der Waals surface area contributed by atoms with Crippen LogP contribution in [0.2, 0.25) is 10.0 Å². The number of carboxylic acid groups (broad SMARTS) is 2. The fraction of sp³-hybridized carbons (Fsp3) is 0.269. The molecule has 7 nitrogen and oxygen atoms in total. The summed E-state index contributed by atoms with van der Waals surface area (Å²) >= 11 is 13.5. The molecule has 1 saturated carbocycles. The van der Waals surface area contributed by atoms with Gasteiger partial charge in [0.05, 0.1) is 16.3 Å². The maximum absolute atomic E-state index is 13.8. The molecule has 3 aromatic rings. The Morgan fingerprint density at radius 2 is 1.54 bits per heavy atom. The number of aliphatic carboxylic acids is 1. The summed E-state index contributed by atoms with van der Waals surface area (Å²) in [4.78, 5) is 37.3. The Bertz CT molecular complexity index is 1340. The van der Waals surface area contributed by atoms with E-state index in [1.807, 2.05) is 30.3 Å². The molecule has 13 heteroatoms. The van der Waals surface area contributed by atoms with Crippen molar-refractivity contribution in [3.8, 4) is 10.4 Å². The van der Waals surface area contributed by atoms with Gasteiger partial charge in [-0.05, 0) is 55.5 Å². The van der Waals surface area contributed by atoms with Gasteiger partial charge in [0.2, 0.25) is 0 Å². The van der Waals surface area contributed by atoms with Crippen molar-refractivity contribution in [1.82, 2.24) is 0 Å². The number of amides is 1. The lowest BCUT2D eigenvalue weighted by molar-refractivity contribution is -0.192. The average molecular weight is 603 g/mol. The summed E-state index contributed by atoms with van der Waals surface area (Å²) in [6.45, 7) is 0. The van der Waals surface area contributed by atoms with Gasteiger partial charge in [-0.25, -0.2) is 9.59 Å². The third-order valence-electron chi connectivity index (χ3n) is 5.95. The number of rotatable bonds is 5. The number of hydrogen-bond donors (Lipinski definition) is 3. The van der Waals surface area contributed by atoms with E-state index in [-0.39, 0.29) is 33.5 Å². The molecular weight excluding hydrogens is 580 g/mol. The van der Waals surface area contributed by atoms with Crippen LogP contribution in [-0.4, -0.2) is 46.3 Å². The first-order valence-electron chi connectivity index (χ1n) is 11.6. The fourth-order valence-electron chi connectivity index (χ4n) is 4.08. The summed E-state index contributed by atoms with van der Waals surface area (Å²) in [6, 6.07) is 15.9. The second kappa shape index (κ2) is 12.8. The zero-order valence-corrected chi connectivity index (χ0v) is 22.4. The van der Waals surface area contributed by atoms with Gasteiger partial charge in [0.15, 0.2) is 0 Å². The van der Waals surface area contributed by atoms with E-state index < -0.39 is 18.1 Å². The number of carbonyl (C=O) groups is 3. The lowest BCUT2D eigenvalue weighted by Crippen LogP contribution is -2.45. The molecule has 1 aliphatic rings. The van der Waals surface area contributed by atoms with Crippen molar-refractivity contribution in [2.45, 2.75) is 43.9 Å². The minimum absolute atomic E-state index is 0.0867. The first-order valence-corrected chi connectivity index (χ1v) is 13.1. The average Bonchev–Trinajstić information content (AvgIpc) is 3.31. The van der Waals surface area contributed by atoms with Crippen LogP contribution in [0.25, 0.3) is 10.4 Å². The molecule has 2 aromatic carbocycles. The Labute approximate surface area is 235 Å². The Morgan fingerprint density at radius 1 is 0.949 bits per heavy atom. The number of carbonyl (C=O) groups excluding carboxylic acids is 1. The molecule has 0 atom stereocenters. The third-order valence-corrected chi connectivity index (χ3v) is 7.66. The topological polar surface area (TPSA) is 121 Å². The third kappa shape index (κ3) is 7.72. The number of nitrogens with zero attached hydrogens (tertiary/aromatic N) is 1. The first-order chi connectivity index (χ1) is 18.3. The van der Waals surface area contributed by atoms with Crippen LogP contribution >= 0.6 is 34.5 Å². The van der Waals surface area contributed by atoms with Crippen LogP contribution in [0.4, 0.5) is 18.9 Å². The molecule has 0 saturated heterocycles. The Balaban J connectivity index is 0.000000532. The molecule has 39 heavy (non-hydrogen) atoms. The highest BCUT2D eigenvalue weighted by molar-refractivity contribution is 7.18. The quantitative estimate of drug-likeness (QED) is 0.290. The summed E-state index contributed by atoms with van der Waals surface area (Å²) in [7, 11) is 0. The van der Waals surface area contributed by atoms with E-state index in [2.05, 4.69) is 0 Å². The van der Waals surface area contributed by atoms with Gasteiger partial charge in [0.1, 0.15) is 4.88 Å². The molecule has 208 valence electrons. The minimum Gasteiger partial charge on any atom is -0.477 e. The van der Waals surface area contributed by atoms with Gasteiger partial charge in [0, 0.05) is 22.0 Å². The van der Waals surface area contributed by atoms with Gasteiger partial charge in [-0.15, -0.1) is 11.3 Å². The van der Waals surface area contributed by atoms with Gasteiger partial charge < -0.3 is 20.8 Å². The van der Waals surface area contributed by atoms with Crippen molar-refractivity contribution < 1.29 is 37.8 Å². The van der Waals surface area contributed by atoms with Crippen LogP contribution in [0.1, 0.15) is 45.7 Å². The monoisotopic (exact) mass is 602 g/mol. The van der Waals surface area contributed by atoms with E-state index in [1.165, 1.54) is 6.07 Å². The number of halogens is 5. The van der Waals surface area contributed by atoms with Crippen LogP contribution in [0.5, 0.6) is 0 Å². The van der Waals surface area contributed by atoms with Crippen molar-refractivity contribution in [3.63, 3.8) is 0 Å². The molecule has 1 heterocycles. The normalized spacial score (nSPS) is 17.1. The second-order valence-electron chi connectivity index (χ2n) is 8.67. The van der Waals surface area contributed by atoms with Crippen molar-refractivity contribution in [2.24, 2.45) is 5.73 Å². The van der Waals surface area contributed by atoms with E-state index in [4.69, 9.17) is 38.8 Å². The second-order valence-corrected chi connectivity index (χ2v) is 10.6. The van der Waals surface area contributed by atoms with Crippen LogP contribution in [0.15, 0.2) is 54.6 Å². The lowest BCUT2D eigenvalue weighted by atomic mass is 9.90. The SMILES string of the molecule is NC1CCC(N(C(=O)c2ccc(Cl)cc2Cl)c2cc(-c3ccccc3)sc2C(=O)O)CC1.O=C(O)C(F)(F)F. The molecule has 0 radical (unpaired) electrons. The zero-order chi connectivity index (χ0) is 28.9. The number of thiophene rings is 1. The predicted octanol–water partition coefficient (Wildman–Crippen LogP) is 6.97. The maximum atomic E-state index is 13.8. The van der Waals surface area contributed by atoms with Crippen LogP contribution in [0, 0.1) is 0 Å². The molecule has 1 aliphatic carbocycles. The molecule has 0 spiro atoms. The summed E-state index contributed by atoms with van der Waals surface area (Å²) in [6.07, 6.45) is -2.18. The van der Waals surface area contributed by atoms with Crippen molar-refractivity contribution >= 4 is 58.1 Å². The summed E-state index contributed by atoms with van der Waals surface area (Å²) in [5.41, 5.74) is 7.66. The predicted molar refractivity (Wildman–Crippen MR) is 144 cm³/mol. The van der Waals surface area contributed by atoms with E-state index in [0.29, 0.717) is 23.6 Å². The summed E-state index contributed by atoms with van der Waals surface area (Å²) < 4.78 is 31.7. The molecule has 0 aliphatic heterocycles. The van der Waals surface area contributed by atoms with E-state index in [9.17, 15) is 27.9 Å².